The molecule has 0 fully saturated rings. The van der Waals surface area contributed by atoms with Gasteiger partial charge in [-0.1, -0.05) is 12.1 Å². The molecule has 0 spiro atoms. The Kier molecular flexibility index (Phi) is 4.40. The summed E-state index contributed by atoms with van der Waals surface area (Å²) in [5.74, 6) is -2.12. The molecule has 8 heteroatoms. The maximum atomic E-state index is 12.5. The highest BCUT2D eigenvalue weighted by atomic mass is 16.5. The molecule has 1 heterocycles. The van der Waals surface area contributed by atoms with Crippen molar-refractivity contribution in [2.75, 3.05) is 12.4 Å². The first-order valence-electron chi connectivity index (χ1n) is 7.58. The minimum atomic E-state index is -1.17. The number of nitrogens with zero attached hydrogens (tertiary/aromatic N) is 1. The largest absolute Gasteiger partial charge is 0.478 e. The SMILES string of the molecule is COC(=O)Nc1ccc(C(=O)O)cc1CN1C(=O)c2ccccc2C1=O. The number of carbonyl (C=O) groups excluding carboxylic acids is 3. The van der Waals surface area contributed by atoms with Gasteiger partial charge in [0.25, 0.3) is 11.8 Å². The van der Waals surface area contributed by atoms with Crippen LogP contribution in [0.25, 0.3) is 0 Å². The Balaban J connectivity index is 1.97. The number of aromatic carboxylic acids is 1. The second-order valence-corrected chi connectivity index (χ2v) is 5.54. The van der Waals surface area contributed by atoms with Crippen molar-refractivity contribution in [3.63, 3.8) is 0 Å². The number of anilines is 1. The van der Waals surface area contributed by atoms with Crippen molar-refractivity contribution < 1.29 is 29.0 Å². The summed E-state index contributed by atoms with van der Waals surface area (Å²) in [6, 6.07) is 10.4. The lowest BCUT2D eigenvalue weighted by Gasteiger charge is -2.17. The molecule has 3 rings (SSSR count). The van der Waals surface area contributed by atoms with Crippen LogP contribution in [0.15, 0.2) is 42.5 Å². The molecule has 0 aromatic heterocycles. The molecule has 132 valence electrons. The molecule has 0 unspecified atom stereocenters. The predicted octanol–water partition coefficient (Wildman–Crippen LogP) is 2.36. The molecular weight excluding hydrogens is 340 g/mol. The Hall–Kier alpha value is -3.68. The number of carbonyl (C=O) groups is 4. The van der Waals surface area contributed by atoms with Gasteiger partial charge in [0.1, 0.15) is 0 Å². The third-order valence-corrected chi connectivity index (χ3v) is 3.98. The molecule has 0 bridgehead atoms. The zero-order valence-corrected chi connectivity index (χ0v) is 13.7. The van der Waals surface area contributed by atoms with E-state index in [-0.39, 0.29) is 28.9 Å². The fourth-order valence-corrected chi connectivity index (χ4v) is 2.69. The van der Waals surface area contributed by atoms with Gasteiger partial charge in [0.15, 0.2) is 0 Å². The number of ether oxygens (including phenoxy) is 1. The van der Waals surface area contributed by atoms with E-state index in [9.17, 15) is 24.3 Å². The van der Waals surface area contributed by atoms with E-state index < -0.39 is 23.9 Å². The molecule has 0 atom stereocenters. The third-order valence-electron chi connectivity index (χ3n) is 3.98. The number of methoxy groups -OCH3 is 1. The van der Waals surface area contributed by atoms with Gasteiger partial charge in [-0.05, 0) is 35.9 Å². The Morgan fingerprint density at radius 1 is 1.08 bits per heavy atom. The van der Waals surface area contributed by atoms with E-state index in [4.69, 9.17) is 0 Å². The summed E-state index contributed by atoms with van der Waals surface area (Å²) in [7, 11) is 1.19. The Morgan fingerprint density at radius 3 is 2.23 bits per heavy atom. The summed E-state index contributed by atoms with van der Waals surface area (Å²) in [6.07, 6.45) is -0.753. The van der Waals surface area contributed by atoms with Crippen LogP contribution in [0.3, 0.4) is 0 Å². The van der Waals surface area contributed by atoms with Gasteiger partial charge in [0, 0.05) is 5.69 Å². The van der Waals surface area contributed by atoms with Crippen LogP contribution in [0.5, 0.6) is 0 Å². The summed E-state index contributed by atoms with van der Waals surface area (Å²) >= 11 is 0. The van der Waals surface area contributed by atoms with Crippen molar-refractivity contribution in [3.8, 4) is 0 Å². The first-order chi connectivity index (χ1) is 12.4. The number of nitrogens with one attached hydrogen (secondary N) is 1. The van der Waals surface area contributed by atoms with Crippen LogP contribution in [0.2, 0.25) is 0 Å². The normalized spacial score (nSPS) is 12.7. The van der Waals surface area contributed by atoms with Crippen molar-refractivity contribution in [2.45, 2.75) is 6.54 Å². The number of hydrogen-bond acceptors (Lipinski definition) is 5. The molecule has 0 saturated carbocycles. The quantitative estimate of drug-likeness (QED) is 0.815. The molecular formula is C18H14N2O6. The zero-order chi connectivity index (χ0) is 18.8. The molecule has 1 aliphatic heterocycles. The van der Waals surface area contributed by atoms with Gasteiger partial charge in [-0.3, -0.25) is 19.8 Å². The molecule has 2 aromatic carbocycles. The average molecular weight is 354 g/mol. The number of carboxylic acid groups (broad SMARTS) is 1. The van der Waals surface area contributed by atoms with E-state index in [0.717, 1.165) is 4.90 Å². The van der Waals surface area contributed by atoms with Gasteiger partial charge in [0.2, 0.25) is 0 Å². The molecule has 0 aliphatic carbocycles. The van der Waals surface area contributed by atoms with Crippen LogP contribution in [-0.2, 0) is 11.3 Å². The number of rotatable bonds is 4. The van der Waals surface area contributed by atoms with Gasteiger partial charge in [-0.15, -0.1) is 0 Å². The average Bonchev–Trinajstić information content (AvgIpc) is 2.88. The van der Waals surface area contributed by atoms with Gasteiger partial charge in [-0.2, -0.15) is 0 Å². The van der Waals surface area contributed by atoms with Crippen molar-refractivity contribution in [2.24, 2.45) is 0 Å². The van der Waals surface area contributed by atoms with Crippen molar-refractivity contribution >= 4 is 29.6 Å². The van der Waals surface area contributed by atoms with E-state index in [1.54, 1.807) is 24.3 Å². The highest BCUT2D eigenvalue weighted by Crippen LogP contribution is 2.27. The summed E-state index contributed by atoms with van der Waals surface area (Å²) in [4.78, 5) is 48.7. The first kappa shape index (κ1) is 17.2. The van der Waals surface area contributed by atoms with Crippen LogP contribution in [0.1, 0.15) is 36.6 Å². The summed E-state index contributed by atoms with van der Waals surface area (Å²) < 4.78 is 4.54. The van der Waals surface area contributed by atoms with Crippen LogP contribution in [-0.4, -0.2) is 41.0 Å². The van der Waals surface area contributed by atoms with Crippen LogP contribution in [0, 0.1) is 0 Å². The summed E-state index contributed by atoms with van der Waals surface area (Å²) in [5, 5.41) is 11.6. The fourth-order valence-electron chi connectivity index (χ4n) is 2.69. The van der Waals surface area contributed by atoms with E-state index in [0.29, 0.717) is 5.56 Å². The summed E-state index contributed by atoms with van der Waals surface area (Å²) in [6.45, 7) is -0.188. The third kappa shape index (κ3) is 3.00. The van der Waals surface area contributed by atoms with Crippen LogP contribution < -0.4 is 5.32 Å². The maximum absolute atomic E-state index is 12.5. The molecule has 0 saturated heterocycles. The summed E-state index contributed by atoms with van der Waals surface area (Å²) in [5.41, 5.74) is 1.08. The second kappa shape index (κ2) is 6.67. The zero-order valence-electron chi connectivity index (χ0n) is 13.7. The van der Waals surface area contributed by atoms with E-state index in [2.05, 4.69) is 10.1 Å². The van der Waals surface area contributed by atoms with Gasteiger partial charge in [-0.25, -0.2) is 9.59 Å². The monoisotopic (exact) mass is 354 g/mol. The highest BCUT2D eigenvalue weighted by Gasteiger charge is 2.35. The number of imide groups is 1. The lowest BCUT2D eigenvalue weighted by atomic mass is 10.1. The minimum absolute atomic E-state index is 0.0352. The first-order valence-corrected chi connectivity index (χ1v) is 7.58. The van der Waals surface area contributed by atoms with E-state index in [1.807, 2.05) is 0 Å². The number of fused-ring (bicyclic) bond motifs is 1. The fraction of sp³-hybridized carbons (Fsp3) is 0.111. The van der Waals surface area contributed by atoms with Gasteiger partial charge < -0.3 is 9.84 Å². The molecule has 0 radical (unpaired) electrons. The Morgan fingerprint density at radius 2 is 1.69 bits per heavy atom. The Labute approximate surface area is 148 Å². The van der Waals surface area contributed by atoms with Crippen molar-refractivity contribution in [1.29, 1.82) is 0 Å². The standard InChI is InChI=1S/C18H14N2O6/c1-26-18(25)19-14-7-6-10(17(23)24)8-11(14)9-20-15(21)12-4-2-3-5-13(12)16(20)22/h2-8H,9H2,1H3,(H,19,25)(H,23,24). The van der Waals surface area contributed by atoms with Crippen molar-refractivity contribution in [1.82, 2.24) is 4.90 Å². The molecule has 1 aliphatic rings. The number of benzene rings is 2. The predicted molar refractivity (Wildman–Crippen MR) is 90.1 cm³/mol. The molecule has 8 nitrogen and oxygen atoms in total. The Bertz CT molecular complexity index is 902. The van der Waals surface area contributed by atoms with Crippen LogP contribution in [0.4, 0.5) is 10.5 Å². The van der Waals surface area contributed by atoms with Crippen molar-refractivity contribution in [3.05, 3.63) is 64.7 Å². The topological polar surface area (TPSA) is 113 Å². The lowest BCUT2D eigenvalue weighted by Crippen LogP contribution is -2.29. The minimum Gasteiger partial charge on any atom is -0.478 e. The highest BCUT2D eigenvalue weighted by molar-refractivity contribution is 6.21. The molecule has 26 heavy (non-hydrogen) atoms. The second-order valence-electron chi connectivity index (χ2n) is 5.54. The number of amides is 3. The molecule has 3 amide bonds. The molecule has 2 aromatic rings. The van der Waals surface area contributed by atoms with E-state index >= 15 is 0 Å². The van der Waals surface area contributed by atoms with Crippen LogP contribution >= 0.6 is 0 Å². The van der Waals surface area contributed by atoms with E-state index in [1.165, 1.54) is 25.3 Å². The molecule has 2 N–H and O–H groups in total. The van der Waals surface area contributed by atoms with Gasteiger partial charge in [0.05, 0.1) is 30.3 Å². The lowest BCUT2D eigenvalue weighted by molar-refractivity contribution is 0.0641. The number of hydrogen-bond donors (Lipinski definition) is 2. The van der Waals surface area contributed by atoms with Gasteiger partial charge >= 0.3 is 12.1 Å². The smallest absolute Gasteiger partial charge is 0.411 e. The number of carboxylic acids is 1. The maximum Gasteiger partial charge on any atom is 0.411 e.